The smallest absolute Gasteiger partial charge is 0.290 e. The molecular formula is C16H19ClN2O4. The van der Waals surface area contributed by atoms with Gasteiger partial charge in [-0.25, -0.2) is 0 Å². The number of nitrogens with two attached hydrogens (primary N) is 1. The minimum atomic E-state index is -0.176. The number of morpholine rings is 1. The summed E-state index contributed by atoms with van der Waals surface area (Å²) in [5, 5.41) is 0. The van der Waals surface area contributed by atoms with Crippen LogP contribution in [-0.2, 0) is 4.74 Å². The van der Waals surface area contributed by atoms with E-state index in [1.54, 1.807) is 17.0 Å². The highest BCUT2D eigenvalue weighted by Crippen LogP contribution is 2.24. The Morgan fingerprint density at radius 2 is 2.04 bits per heavy atom. The molecule has 1 aromatic heterocycles. The third-order valence-electron chi connectivity index (χ3n) is 3.44. The van der Waals surface area contributed by atoms with Crippen molar-refractivity contribution in [2.45, 2.75) is 6.10 Å². The van der Waals surface area contributed by atoms with Gasteiger partial charge in [0, 0.05) is 25.7 Å². The Balaban J connectivity index is 0.00000192. The van der Waals surface area contributed by atoms with E-state index in [4.69, 9.17) is 19.6 Å². The maximum atomic E-state index is 12.4. The molecule has 0 aliphatic carbocycles. The molecule has 7 heteroatoms. The Bertz CT molecular complexity index is 632. The summed E-state index contributed by atoms with van der Waals surface area (Å²) in [5.41, 5.74) is 5.59. The first-order valence-corrected chi connectivity index (χ1v) is 7.20. The molecule has 1 saturated heterocycles. The van der Waals surface area contributed by atoms with Gasteiger partial charge in [-0.3, -0.25) is 4.79 Å². The monoisotopic (exact) mass is 338 g/mol. The van der Waals surface area contributed by atoms with Gasteiger partial charge in [0.2, 0.25) is 0 Å². The Hall–Kier alpha value is -2.02. The second-order valence-corrected chi connectivity index (χ2v) is 5.01. The quantitative estimate of drug-likeness (QED) is 0.925. The van der Waals surface area contributed by atoms with Crippen LogP contribution in [0.25, 0.3) is 0 Å². The van der Waals surface area contributed by atoms with Crippen LogP contribution in [0.2, 0.25) is 0 Å². The number of halogens is 1. The van der Waals surface area contributed by atoms with Crippen LogP contribution in [0.4, 0.5) is 0 Å². The third kappa shape index (κ3) is 4.25. The largest absolute Gasteiger partial charge is 0.426 e. The molecule has 1 aliphatic heterocycles. The van der Waals surface area contributed by atoms with E-state index in [9.17, 15) is 4.79 Å². The number of amides is 1. The van der Waals surface area contributed by atoms with E-state index < -0.39 is 0 Å². The van der Waals surface area contributed by atoms with E-state index in [0.717, 1.165) is 0 Å². The van der Waals surface area contributed by atoms with Crippen LogP contribution >= 0.6 is 12.4 Å². The predicted octanol–water partition coefficient (Wildman–Crippen LogP) is 2.29. The number of hydrogen-bond donors (Lipinski definition) is 1. The molecule has 2 N–H and O–H groups in total. The van der Waals surface area contributed by atoms with Crippen molar-refractivity contribution in [3.05, 3.63) is 48.2 Å². The summed E-state index contributed by atoms with van der Waals surface area (Å²) in [6, 6.07) is 12.5. The molecule has 2 heterocycles. The number of ether oxygens (including phenoxy) is 2. The van der Waals surface area contributed by atoms with Crippen molar-refractivity contribution in [3.63, 3.8) is 0 Å². The van der Waals surface area contributed by atoms with Gasteiger partial charge in [0.05, 0.1) is 12.7 Å². The number of carbonyl (C=O) groups excluding carboxylic acids is 1. The summed E-state index contributed by atoms with van der Waals surface area (Å²) in [5.74, 6) is 1.02. The molecule has 1 amide bonds. The average molecular weight is 339 g/mol. The molecule has 2 aromatic rings. The molecule has 1 aromatic carbocycles. The summed E-state index contributed by atoms with van der Waals surface area (Å²) >= 11 is 0. The van der Waals surface area contributed by atoms with Crippen molar-refractivity contribution in [1.29, 1.82) is 0 Å². The highest BCUT2D eigenvalue weighted by Gasteiger charge is 2.26. The van der Waals surface area contributed by atoms with Gasteiger partial charge in [-0.2, -0.15) is 0 Å². The highest BCUT2D eigenvalue weighted by molar-refractivity contribution is 5.91. The van der Waals surface area contributed by atoms with Gasteiger partial charge in [-0.05, 0) is 18.2 Å². The number of rotatable bonds is 4. The second-order valence-electron chi connectivity index (χ2n) is 5.01. The lowest BCUT2D eigenvalue weighted by Crippen LogP contribution is -2.48. The zero-order valence-electron chi connectivity index (χ0n) is 12.5. The Morgan fingerprint density at radius 3 is 2.78 bits per heavy atom. The van der Waals surface area contributed by atoms with Crippen molar-refractivity contribution >= 4 is 18.3 Å². The average Bonchev–Trinajstić information content (AvgIpc) is 3.03. The second kappa shape index (κ2) is 8.01. The fourth-order valence-corrected chi connectivity index (χ4v) is 2.30. The Labute approximate surface area is 140 Å². The number of carbonyl (C=O) groups is 1. The summed E-state index contributed by atoms with van der Waals surface area (Å²) in [6.07, 6.45) is -0.118. The highest BCUT2D eigenvalue weighted by atomic mass is 35.5. The van der Waals surface area contributed by atoms with Gasteiger partial charge in [-0.15, -0.1) is 12.4 Å². The van der Waals surface area contributed by atoms with Crippen molar-refractivity contribution in [2.24, 2.45) is 5.73 Å². The summed E-state index contributed by atoms with van der Waals surface area (Å²) in [6.45, 7) is 1.89. The SMILES string of the molecule is Cl.NCC1CN(C(=O)c2ccc(Oc3ccccc3)o2)CCO1. The van der Waals surface area contributed by atoms with Crippen LogP contribution in [-0.4, -0.2) is 43.2 Å². The number of nitrogens with zero attached hydrogens (tertiary/aromatic N) is 1. The fraction of sp³-hybridized carbons (Fsp3) is 0.312. The number of para-hydroxylation sites is 1. The number of furan rings is 1. The first-order valence-electron chi connectivity index (χ1n) is 7.20. The number of benzene rings is 1. The van der Waals surface area contributed by atoms with Gasteiger partial charge < -0.3 is 24.5 Å². The molecule has 1 fully saturated rings. The molecule has 0 spiro atoms. The molecule has 3 rings (SSSR count). The lowest BCUT2D eigenvalue weighted by molar-refractivity contribution is -0.0178. The van der Waals surface area contributed by atoms with Crippen LogP contribution in [0.5, 0.6) is 11.7 Å². The van der Waals surface area contributed by atoms with Gasteiger partial charge in [0.1, 0.15) is 5.75 Å². The van der Waals surface area contributed by atoms with E-state index in [-0.39, 0.29) is 36.1 Å². The first-order chi connectivity index (χ1) is 10.8. The van der Waals surface area contributed by atoms with Crippen molar-refractivity contribution < 1.29 is 18.7 Å². The lowest BCUT2D eigenvalue weighted by atomic mass is 10.2. The summed E-state index contributed by atoms with van der Waals surface area (Å²) < 4.78 is 16.5. The van der Waals surface area contributed by atoms with Crippen LogP contribution in [0.15, 0.2) is 46.9 Å². The van der Waals surface area contributed by atoms with Crippen molar-refractivity contribution in [1.82, 2.24) is 4.90 Å². The third-order valence-corrected chi connectivity index (χ3v) is 3.44. The normalized spacial score (nSPS) is 17.4. The van der Waals surface area contributed by atoms with Gasteiger partial charge in [0.15, 0.2) is 5.76 Å². The minimum Gasteiger partial charge on any atom is -0.426 e. The Kier molecular flexibility index (Phi) is 6.04. The number of hydrogen-bond acceptors (Lipinski definition) is 5. The van der Waals surface area contributed by atoms with Gasteiger partial charge >= 0.3 is 0 Å². The first kappa shape index (κ1) is 17.3. The maximum absolute atomic E-state index is 12.4. The van der Waals surface area contributed by atoms with E-state index >= 15 is 0 Å². The Morgan fingerprint density at radius 1 is 1.26 bits per heavy atom. The van der Waals surface area contributed by atoms with Crippen LogP contribution in [0.1, 0.15) is 10.6 Å². The van der Waals surface area contributed by atoms with E-state index in [0.29, 0.717) is 32.0 Å². The molecule has 0 bridgehead atoms. The molecule has 6 nitrogen and oxygen atoms in total. The zero-order chi connectivity index (χ0) is 15.4. The topological polar surface area (TPSA) is 77.9 Å². The van der Waals surface area contributed by atoms with Crippen molar-refractivity contribution in [3.8, 4) is 11.7 Å². The molecule has 23 heavy (non-hydrogen) atoms. The summed E-state index contributed by atoms with van der Waals surface area (Å²) in [7, 11) is 0. The maximum Gasteiger partial charge on any atom is 0.290 e. The van der Waals surface area contributed by atoms with Crippen molar-refractivity contribution in [2.75, 3.05) is 26.2 Å². The standard InChI is InChI=1S/C16H18N2O4.ClH/c17-10-13-11-18(8-9-20-13)16(19)14-6-7-15(22-14)21-12-4-2-1-3-5-12;/h1-7,13H,8-11,17H2;1H. The molecule has 1 unspecified atom stereocenters. The molecule has 0 saturated carbocycles. The molecule has 1 atom stereocenters. The minimum absolute atomic E-state index is 0. The van der Waals surface area contributed by atoms with E-state index in [1.165, 1.54) is 0 Å². The van der Waals surface area contributed by atoms with Crippen LogP contribution in [0.3, 0.4) is 0 Å². The molecule has 124 valence electrons. The van der Waals surface area contributed by atoms with Gasteiger partial charge in [-0.1, -0.05) is 18.2 Å². The van der Waals surface area contributed by atoms with Crippen LogP contribution in [0, 0.1) is 0 Å². The fourth-order valence-electron chi connectivity index (χ4n) is 2.30. The predicted molar refractivity (Wildman–Crippen MR) is 87.2 cm³/mol. The van der Waals surface area contributed by atoms with Crippen LogP contribution < -0.4 is 10.5 Å². The molecular weight excluding hydrogens is 320 g/mol. The lowest BCUT2D eigenvalue weighted by Gasteiger charge is -2.31. The molecule has 1 aliphatic rings. The van der Waals surface area contributed by atoms with Gasteiger partial charge in [0.25, 0.3) is 11.9 Å². The zero-order valence-corrected chi connectivity index (χ0v) is 13.3. The van der Waals surface area contributed by atoms with E-state index in [1.807, 2.05) is 30.3 Å². The van der Waals surface area contributed by atoms with E-state index in [2.05, 4.69) is 0 Å². The molecule has 0 radical (unpaired) electrons. The summed E-state index contributed by atoms with van der Waals surface area (Å²) in [4.78, 5) is 14.1.